The number of nitrogen functional groups attached to an aromatic ring is 1. The van der Waals surface area contributed by atoms with Gasteiger partial charge in [-0.15, -0.1) is 0 Å². The molecule has 84 valence electrons. The minimum atomic E-state index is 0.701. The highest BCUT2D eigenvalue weighted by molar-refractivity contribution is 5.61. The van der Waals surface area contributed by atoms with Gasteiger partial charge in [-0.1, -0.05) is 26.7 Å². The van der Waals surface area contributed by atoms with E-state index in [1.807, 2.05) is 19.1 Å². The summed E-state index contributed by atoms with van der Waals surface area (Å²) in [4.78, 5) is 4.38. The Balaban J connectivity index is 2.60. The molecule has 1 aromatic heterocycles. The number of nitrogens with two attached hydrogens (primary N) is 1. The number of nitrogens with zero attached hydrogens (tertiary/aromatic N) is 1. The van der Waals surface area contributed by atoms with Crippen molar-refractivity contribution in [3.05, 3.63) is 17.8 Å². The van der Waals surface area contributed by atoms with Gasteiger partial charge in [-0.05, 0) is 25.0 Å². The van der Waals surface area contributed by atoms with Crippen LogP contribution in [0.15, 0.2) is 12.1 Å². The molecule has 0 aromatic carbocycles. The number of pyridine rings is 1. The van der Waals surface area contributed by atoms with Gasteiger partial charge >= 0.3 is 0 Å². The molecule has 0 bridgehead atoms. The zero-order valence-corrected chi connectivity index (χ0v) is 9.88. The van der Waals surface area contributed by atoms with E-state index in [9.17, 15) is 0 Å². The Morgan fingerprint density at radius 2 is 2.00 bits per heavy atom. The third-order valence-electron chi connectivity index (χ3n) is 2.78. The third kappa shape index (κ3) is 3.42. The lowest BCUT2D eigenvalue weighted by atomic mass is 10.0. The molecule has 1 heterocycles. The monoisotopic (exact) mass is 207 g/mol. The van der Waals surface area contributed by atoms with Crippen LogP contribution in [0.5, 0.6) is 0 Å². The molecule has 0 amide bonds. The van der Waals surface area contributed by atoms with Crippen LogP contribution < -0.4 is 11.1 Å². The largest absolute Gasteiger partial charge is 0.396 e. The van der Waals surface area contributed by atoms with Crippen LogP contribution in [0.25, 0.3) is 0 Å². The third-order valence-corrected chi connectivity index (χ3v) is 2.78. The summed E-state index contributed by atoms with van der Waals surface area (Å²) in [6.45, 7) is 7.35. The molecule has 0 aliphatic rings. The van der Waals surface area contributed by atoms with E-state index in [0.717, 1.165) is 23.7 Å². The van der Waals surface area contributed by atoms with Gasteiger partial charge in [0.25, 0.3) is 0 Å². The van der Waals surface area contributed by atoms with Gasteiger partial charge in [0.2, 0.25) is 0 Å². The lowest BCUT2D eigenvalue weighted by Gasteiger charge is -2.15. The van der Waals surface area contributed by atoms with Gasteiger partial charge in [-0.25, -0.2) is 4.98 Å². The average molecular weight is 207 g/mol. The van der Waals surface area contributed by atoms with Crippen LogP contribution in [0.1, 0.15) is 32.4 Å². The Morgan fingerprint density at radius 3 is 2.60 bits per heavy atom. The second-order valence-electron chi connectivity index (χ2n) is 3.95. The van der Waals surface area contributed by atoms with Crippen LogP contribution in [0.3, 0.4) is 0 Å². The van der Waals surface area contributed by atoms with Crippen molar-refractivity contribution in [3.8, 4) is 0 Å². The van der Waals surface area contributed by atoms with Crippen LogP contribution in [-0.4, -0.2) is 11.5 Å². The summed E-state index contributed by atoms with van der Waals surface area (Å²) in [5, 5.41) is 3.32. The van der Waals surface area contributed by atoms with Crippen molar-refractivity contribution in [2.24, 2.45) is 5.92 Å². The topological polar surface area (TPSA) is 50.9 Å². The van der Waals surface area contributed by atoms with Crippen LogP contribution in [0, 0.1) is 12.8 Å². The highest BCUT2D eigenvalue weighted by Crippen LogP contribution is 2.17. The smallest absolute Gasteiger partial charge is 0.149 e. The molecule has 0 spiro atoms. The number of rotatable bonds is 5. The van der Waals surface area contributed by atoms with Crippen molar-refractivity contribution in [2.75, 3.05) is 17.6 Å². The second-order valence-corrected chi connectivity index (χ2v) is 3.95. The zero-order chi connectivity index (χ0) is 11.3. The minimum absolute atomic E-state index is 0.701. The molecule has 0 aliphatic heterocycles. The standard InChI is InChI=1S/C12H21N3/c1-4-10(5-2)8-14-12-11(13)7-6-9(3)15-12/h6-7,10H,4-5,8,13H2,1-3H3,(H,14,15). The molecule has 3 nitrogen and oxygen atoms in total. The van der Waals surface area contributed by atoms with E-state index in [-0.39, 0.29) is 0 Å². The van der Waals surface area contributed by atoms with Crippen LogP contribution in [-0.2, 0) is 0 Å². The molecule has 0 saturated heterocycles. The predicted octanol–water partition coefficient (Wildman–Crippen LogP) is 2.82. The Bertz CT molecular complexity index is 306. The first-order valence-corrected chi connectivity index (χ1v) is 5.64. The summed E-state index contributed by atoms with van der Waals surface area (Å²) >= 11 is 0. The number of hydrogen-bond acceptors (Lipinski definition) is 3. The molecular weight excluding hydrogens is 186 g/mol. The number of nitrogens with one attached hydrogen (secondary N) is 1. The maximum absolute atomic E-state index is 5.83. The van der Waals surface area contributed by atoms with Gasteiger partial charge in [0.1, 0.15) is 5.82 Å². The van der Waals surface area contributed by atoms with Gasteiger partial charge in [0.05, 0.1) is 5.69 Å². The maximum Gasteiger partial charge on any atom is 0.149 e. The number of aromatic nitrogens is 1. The minimum Gasteiger partial charge on any atom is -0.396 e. The highest BCUT2D eigenvalue weighted by Gasteiger charge is 2.05. The number of anilines is 2. The Morgan fingerprint density at radius 1 is 1.33 bits per heavy atom. The summed E-state index contributed by atoms with van der Waals surface area (Å²) in [6.07, 6.45) is 2.38. The van der Waals surface area contributed by atoms with E-state index in [1.54, 1.807) is 0 Å². The molecule has 3 N–H and O–H groups in total. The van der Waals surface area contributed by atoms with Crippen molar-refractivity contribution in [2.45, 2.75) is 33.6 Å². The molecule has 0 aliphatic carbocycles. The average Bonchev–Trinajstić information content (AvgIpc) is 2.24. The number of aryl methyl sites for hydroxylation is 1. The van der Waals surface area contributed by atoms with Crippen molar-refractivity contribution >= 4 is 11.5 Å². The Labute approximate surface area is 92.1 Å². The van der Waals surface area contributed by atoms with Crippen LogP contribution >= 0.6 is 0 Å². The molecule has 15 heavy (non-hydrogen) atoms. The van der Waals surface area contributed by atoms with Crippen LogP contribution in [0.2, 0.25) is 0 Å². The fourth-order valence-corrected chi connectivity index (χ4v) is 1.53. The van der Waals surface area contributed by atoms with Gasteiger partial charge < -0.3 is 11.1 Å². The summed E-state index contributed by atoms with van der Waals surface area (Å²) in [7, 11) is 0. The van der Waals surface area contributed by atoms with Gasteiger partial charge in [-0.3, -0.25) is 0 Å². The summed E-state index contributed by atoms with van der Waals surface area (Å²) in [5.41, 5.74) is 7.56. The molecule has 1 rings (SSSR count). The zero-order valence-electron chi connectivity index (χ0n) is 9.88. The fraction of sp³-hybridized carbons (Fsp3) is 0.583. The summed E-state index contributed by atoms with van der Waals surface area (Å²) in [6, 6.07) is 3.83. The maximum atomic E-state index is 5.83. The van der Waals surface area contributed by atoms with Gasteiger partial charge in [-0.2, -0.15) is 0 Å². The van der Waals surface area contributed by atoms with Crippen LogP contribution in [0.4, 0.5) is 11.5 Å². The number of hydrogen-bond donors (Lipinski definition) is 2. The van der Waals surface area contributed by atoms with E-state index in [0.29, 0.717) is 5.92 Å². The Kier molecular flexibility index (Phi) is 4.40. The Hall–Kier alpha value is -1.25. The first-order chi connectivity index (χ1) is 7.17. The second kappa shape index (κ2) is 5.59. The van der Waals surface area contributed by atoms with Gasteiger partial charge in [0.15, 0.2) is 0 Å². The molecular formula is C12H21N3. The van der Waals surface area contributed by atoms with Crippen molar-refractivity contribution in [1.29, 1.82) is 0 Å². The first-order valence-electron chi connectivity index (χ1n) is 5.64. The molecule has 0 unspecified atom stereocenters. The lowest BCUT2D eigenvalue weighted by molar-refractivity contribution is 0.518. The first kappa shape index (κ1) is 11.8. The predicted molar refractivity (Wildman–Crippen MR) is 65.9 cm³/mol. The molecule has 0 fully saturated rings. The molecule has 3 heteroatoms. The molecule has 0 saturated carbocycles. The fourth-order valence-electron chi connectivity index (χ4n) is 1.53. The molecule has 1 aromatic rings. The summed E-state index contributed by atoms with van der Waals surface area (Å²) in [5.74, 6) is 1.52. The van der Waals surface area contributed by atoms with Crippen molar-refractivity contribution in [1.82, 2.24) is 4.98 Å². The van der Waals surface area contributed by atoms with E-state index in [1.165, 1.54) is 12.8 Å². The van der Waals surface area contributed by atoms with E-state index < -0.39 is 0 Å². The molecule has 0 atom stereocenters. The summed E-state index contributed by atoms with van der Waals surface area (Å²) < 4.78 is 0. The van der Waals surface area contributed by atoms with E-state index in [4.69, 9.17) is 5.73 Å². The van der Waals surface area contributed by atoms with E-state index >= 15 is 0 Å². The van der Waals surface area contributed by atoms with Crippen molar-refractivity contribution in [3.63, 3.8) is 0 Å². The van der Waals surface area contributed by atoms with Gasteiger partial charge in [0, 0.05) is 12.2 Å². The van der Waals surface area contributed by atoms with Crippen molar-refractivity contribution < 1.29 is 0 Å². The molecule has 0 radical (unpaired) electrons. The SMILES string of the molecule is CCC(CC)CNc1nc(C)ccc1N. The lowest BCUT2D eigenvalue weighted by Crippen LogP contribution is -2.14. The highest BCUT2D eigenvalue weighted by atomic mass is 15.0. The van der Waals surface area contributed by atoms with E-state index in [2.05, 4.69) is 24.1 Å². The normalized spacial score (nSPS) is 10.7. The quantitative estimate of drug-likeness (QED) is 0.780.